The number of rotatable bonds is 7. The van der Waals surface area contributed by atoms with Gasteiger partial charge in [0.15, 0.2) is 5.79 Å². The van der Waals surface area contributed by atoms with Gasteiger partial charge in [-0.3, -0.25) is 0 Å². The van der Waals surface area contributed by atoms with Crippen LogP contribution in [0.5, 0.6) is 0 Å². The van der Waals surface area contributed by atoms with Crippen molar-refractivity contribution < 1.29 is 18.9 Å². The van der Waals surface area contributed by atoms with Gasteiger partial charge in [-0.25, -0.2) is 0 Å². The molecule has 0 saturated carbocycles. The van der Waals surface area contributed by atoms with E-state index >= 15 is 0 Å². The topological polar surface area (TPSA) is 43.5 Å². The second-order valence-electron chi connectivity index (χ2n) is 7.89. The van der Waals surface area contributed by atoms with Gasteiger partial charge >= 0.3 is 0 Å². The Morgan fingerprint density at radius 3 is 2.00 bits per heavy atom. The Bertz CT molecular complexity index is 753. The Morgan fingerprint density at radius 1 is 1.00 bits per heavy atom. The molecule has 0 bridgehead atoms. The molecule has 5 heteroatoms. The smallest absolute Gasteiger partial charge is 0.198 e. The first-order chi connectivity index (χ1) is 12.9. The van der Waals surface area contributed by atoms with Crippen molar-refractivity contribution in [2.45, 2.75) is 45.7 Å². The van der Waals surface area contributed by atoms with Crippen molar-refractivity contribution in [2.75, 3.05) is 26.4 Å². The molecule has 146 valence electrons. The molecule has 3 unspecified atom stereocenters. The zero-order valence-corrected chi connectivity index (χ0v) is 17.1. The number of halogens is 1. The lowest BCUT2D eigenvalue weighted by Crippen LogP contribution is -2.47. The van der Waals surface area contributed by atoms with Gasteiger partial charge in [0.1, 0.15) is 12.2 Å². The maximum absolute atomic E-state index is 6.90. The Kier molecular flexibility index (Phi) is 5.21. The molecule has 1 aromatic carbocycles. The Hall–Kier alpha value is -1.17. The summed E-state index contributed by atoms with van der Waals surface area (Å²) in [6.07, 6.45) is 2.43. The number of ether oxygens (including phenoxy) is 4. The number of benzene rings is 1. The van der Waals surface area contributed by atoms with Crippen molar-refractivity contribution in [1.82, 2.24) is 0 Å². The quantitative estimate of drug-likeness (QED) is 0.512. The lowest BCUT2D eigenvalue weighted by atomic mass is 9.82. The molecule has 2 aliphatic heterocycles. The molecule has 2 fully saturated rings. The molecule has 3 atom stereocenters. The average molecular weight is 391 g/mol. The fraction of sp³-hybridized carbons (Fsp3) is 0.545. The van der Waals surface area contributed by atoms with E-state index < -0.39 is 5.79 Å². The van der Waals surface area contributed by atoms with Gasteiger partial charge in [-0.1, -0.05) is 47.9 Å². The molecule has 1 aromatic rings. The SMILES string of the molecule is CC1=CC(c2cc(C)cc(C)c2)=C(Cl)C(C)C1(OCC1CO1)OCC1CO1. The molecule has 27 heavy (non-hydrogen) atoms. The van der Waals surface area contributed by atoms with Crippen molar-refractivity contribution in [2.24, 2.45) is 5.92 Å². The van der Waals surface area contributed by atoms with Gasteiger partial charge in [-0.2, -0.15) is 0 Å². The van der Waals surface area contributed by atoms with Crippen LogP contribution in [0.2, 0.25) is 0 Å². The predicted molar refractivity (Wildman–Crippen MR) is 106 cm³/mol. The van der Waals surface area contributed by atoms with Crippen LogP contribution in [0, 0.1) is 19.8 Å². The Balaban J connectivity index is 1.67. The maximum atomic E-state index is 6.90. The monoisotopic (exact) mass is 390 g/mol. The third-order valence-electron chi connectivity index (χ3n) is 5.42. The largest absolute Gasteiger partial charge is 0.371 e. The highest BCUT2D eigenvalue weighted by Crippen LogP contribution is 2.46. The highest BCUT2D eigenvalue weighted by molar-refractivity contribution is 6.33. The normalized spacial score (nSPS) is 32.5. The average Bonchev–Trinajstić information content (AvgIpc) is 3.51. The maximum Gasteiger partial charge on any atom is 0.198 e. The molecule has 0 spiro atoms. The van der Waals surface area contributed by atoms with Crippen LogP contribution in [0.15, 0.2) is 34.9 Å². The molecule has 0 radical (unpaired) electrons. The molecule has 4 nitrogen and oxygen atoms in total. The summed E-state index contributed by atoms with van der Waals surface area (Å²) in [5.74, 6) is -1.00. The third kappa shape index (κ3) is 4.01. The first-order valence-electron chi connectivity index (χ1n) is 9.57. The van der Waals surface area contributed by atoms with Crippen LogP contribution >= 0.6 is 11.6 Å². The van der Waals surface area contributed by atoms with Gasteiger partial charge in [0.2, 0.25) is 0 Å². The standard InChI is InChI=1S/C22H27ClO4/c1-13-5-14(2)7-17(6-13)20-8-15(3)22(16(4)21(20)23,26-11-18-9-24-18)27-12-19-10-25-19/h5-8,16,18-19H,9-12H2,1-4H3. The molecule has 0 aromatic heterocycles. The van der Waals surface area contributed by atoms with Gasteiger partial charge in [-0.05, 0) is 43.6 Å². The van der Waals surface area contributed by atoms with E-state index in [0.717, 1.165) is 35.0 Å². The zero-order valence-electron chi connectivity index (χ0n) is 16.4. The number of aryl methyl sites for hydroxylation is 2. The summed E-state index contributed by atoms with van der Waals surface area (Å²) in [5, 5.41) is 0.763. The summed E-state index contributed by atoms with van der Waals surface area (Å²) in [4.78, 5) is 0. The second-order valence-corrected chi connectivity index (χ2v) is 8.29. The van der Waals surface area contributed by atoms with E-state index in [9.17, 15) is 0 Å². The fourth-order valence-electron chi connectivity index (χ4n) is 3.76. The van der Waals surface area contributed by atoms with E-state index in [1.165, 1.54) is 11.1 Å². The van der Waals surface area contributed by atoms with E-state index in [4.69, 9.17) is 30.5 Å². The first-order valence-corrected chi connectivity index (χ1v) is 9.95. The molecular formula is C22H27ClO4. The van der Waals surface area contributed by atoms with Crippen molar-refractivity contribution in [3.05, 3.63) is 51.6 Å². The van der Waals surface area contributed by atoms with Crippen molar-refractivity contribution in [3.63, 3.8) is 0 Å². The molecule has 0 N–H and O–H groups in total. The third-order valence-corrected chi connectivity index (χ3v) is 5.95. The van der Waals surface area contributed by atoms with Gasteiger partial charge in [0, 0.05) is 5.03 Å². The molecule has 1 aliphatic carbocycles. The van der Waals surface area contributed by atoms with E-state index in [1.807, 2.05) is 0 Å². The van der Waals surface area contributed by atoms with E-state index in [-0.39, 0.29) is 18.1 Å². The second kappa shape index (κ2) is 7.34. The Morgan fingerprint density at radius 2 is 1.52 bits per heavy atom. The summed E-state index contributed by atoms with van der Waals surface area (Å²) in [7, 11) is 0. The molecule has 3 aliphatic rings. The van der Waals surface area contributed by atoms with E-state index in [1.54, 1.807) is 0 Å². The van der Waals surface area contributed by atoms with Crippen LogP contribution < -0.4 is 0 Å². The highest BCUT2D eigenvalue weighted by Gasteiger charge is 2.47. The lowest BCUT2D eigenvalue weighted by molar-refractivity contribution is -0.235. The van der Waals surface area contributed by atoms with Gasteiger partial charge in [-0.15, -0.1) is 0 Å². The molecule has 2 heterocycles. The number of hydrogen-bond acceptors (Lipinski definition) is 4. The van der Waals surface area contributed by atoms with Crippen LogP contribution in [0.25, 0.3) is 5.57 Å². The van der Waals surface area contributed by atoms with Gasteiger partial charge in [0.25, 0.3) is 0 Å². The summed E-state index contributed by atoms with van der Waals surface area (Å²) in [6.45, 7) is 10.8. The molecule has 4 rings (SSSR count). The lowest BCUT2D eigenvalue weighted by Gasteiger charge is -2.42. The minimum absolute atomic E-state index is 0.127. The van der Waals surface area contributed by atoms with Crippen molar-refractivity contribution in [3.8, 4) is 0 Å². The summed E-state index contributed by atoms with van der Waals surface area (Å²) < 4.78 is 23.3. The number of allylic oxidation sites excluding steroid dienone is 2. The van der Waals surface area contributed by atoms with Crippen LogP contribution in [0.1, 0.15) is 30.5 Å². The van der Waals surface area contributed by atoms with Crippen molar-refractivity contribution >= 4 is 17.2 Å². The number of epoxide rings is 2. The summed E-state index contributed by atoms with van der Waals surface area (Å²) >= 11 is 6.90. The van der Waals surface area contributed by atoms with Crippen molar-refractivity contribution in [1.29, 1.82) is 0 Å². The van der Waals surface area contributed by atoms with Gasteiger partial charge in [0.05, 0.1) is 32.3 Å². The van der Waals surface area contributed by atoms with Crippen LogP contribution in [0.3, 0.4) is 0 Å². The molecule has 0 amide bonds. The summed E-state index contributed by atoms with van der Waals surface area (Å²) in [5.41, 5.74) is 5.65. The fourth-order valence-corrected chi connectivity index (χ4v) is 4.07. The zero-order chi connectivity index (χ0) is 19.2. The predicted octanol–water partition coefficient (Wildman–Crippen LogP) is 4.38. The molecule has 2 saturated heterocycles. The van der Waals surface area contributed by atoms with Gasteiger partial charge < -0.3 is 18.9 Å². The first kappa shape index (κ1) is 19.2. The molecular weight excluding hydrogens is 364 g/mol. The Labute approximate surface area is 166 Å². The minimum Gasteiger partial charge on any atom is -0.371 e. The minimum atomic E-state index is -0.878. The highest BCUT2D eigenvalue weighted by atomic mass is 35.5. The van der Waals surface area contributed by atoms with E-state index in [2.05, 4.69) is 52.0 Å². The van der Waals surface area contributed by atoms with E-state index in [0.29, 0.717) is 13.2 Å². The van der Waals surface area contributed by atoms with Crippen LogP contribution in [-0.4, -0.2) is 44.4 Å². The van der Waals surface area contributed by atoms with Crippen LogP contribution in [0.4, 0.5) is 0 Å². The van der Waals surface area contributed by atoms with Crippen LogP contribution in [-0.2, 0) is 18.9 Å². The number of hydrogen-bond donors (Lipinski definition) is 0. The summed E-state index contributed by atoms with van der Waals surface area (Å²) in [6, 6.07) is 6.51.